The number of methoxy groups -OCH3 is 1. The van der Waals surface area contributed by atoms with Crippen molar-refractivity contribution in [1.29, 1.82) is 0 Å². The van der Waals surface area contributed by atoms with E-state index >= 15 is 0 Å². The highest BCUT2D eigenvalue weighted by molar-refractivity contribution is 6.52. The van der Waals surface area contributed by atoms with E-state index in [1.54, 1.807) is 7.11 Å². The highest BCUT2D eigenvalue weighted by Crippen LogP contribution is 2.41. The lowest BCUT2D eigenvalue weighted by atomic mass is 9.89. The van der Waals surface area contributed by atoms with Crippen molar-refractivity contribution in [3.63, 3.8) is 0 Å². The van der Waals surface area contributed by atoms with E-state index in [1.165, 1.54) is 0 Å². The Hall–Kier alpha value is -6.15. The van der Waals surface area contributed by atoms with E-state index in [2.05, 4.69) is 81.8 Å². The molecule has 0 radical (unpaired) electrons. The summed E-state index contributed by atoms with van der Waals surface area (Å²) in [4.78, 5) is 15.8. The molecule has 0 amide bonds. The van der Waals surface area contributed by atoms with Gasteiger partial charge in [-0.1, -0.05) is 103 Å². The maximum absolute atomic E-state index is 7.03. The number of aliphatic imine (C=N–C) groups is 2. The molecule has 0 aliphatic carbocycles. The molecule has 3 aliphatic heterocycles. The summed E-state index contributed by atoms with van der Waals surface area (Å²) in [5, 5.41) is 5.23. The van der Waals surface area contributed by atoms with Crippen LogP contribution in [-0.2, 0) is 0 Å². The van der Waals surface area contributed by atoms with Gasteiger partial charge in [-0.15, -0.1) is 0 Å². The minimum absolute atomic E-state index is 0.631. The molecule has 0 fully saturated rings. The molecule has 7 aromatic rings. The summed E-state index contributed by atoms with van der Waals surface area (Å²) < 4.78 is 17.1. The van der Waals surface area contributed by atoms with E-state index in [0.717, 1.165) is 77.7 Å². The van der Waals surface area contributed by atoms with Gasteiger partial charge in [-0.2, -0.15) is 0 Å². The van der Waals surface area contributed by atoms with Crippen LogP contribution in [0.2, 0.25) is 0 Å². The molecule has 8 heteroatoms. The Labute approximate surface area is 263 Å². The van der Waals surface area contributed by atoms with Gasteiger partial charge in [0.15, 0.2) is 11.7 Å². The van der Waals surface area contributed by atoms with Crippen LogP contribution in [0, 0.1) is 0 Å². The van der Waals surface area contributed by atoms with Gasteiger partial charge in [0.1, 0.15) is 22.8 Å². The standard InChI is InChI=1S/C38H24BN5O2/c1-45-24-21-19-23(20-22-24)32-33-26-13-5-9-17-30(26)37-41-35-28-15-7-8-16-29(28)36(40-35)42-38-31-18-10-6-14-27(31)34(32)44(38)39(43(33)37)46-25-11-3-2-4-12-25/h2-22H,1H3. The number of hydrogen-bond donors (Lipinski definition) is 0. The van der Waals surface area contributed by atoms with Crippen LogP contribution < -0.4 is 20.2 Å². The normalized spacial score (nSPS) is 14.1. The first-order valence-electron chi connectivity index (χ1n) is 15.3. The Morgan fingerprint density at radius 1 is 0.543 bits per heavy atom. The first-order valence-corrected chi connectivity index (χ1v) is 15.3. The van der Waals surface area contributed by atoms with E-state index in [0.29, 0.717) is 11.7 Å². The van der Waals surface area contributed by atoms with Crippen molar-refractivity contribution in [3.8, 4) is 11.5 Å². The number of rotatable bonds is 4. The maximum Gasteiger partial charge on any atom is 0.630 e. The summed E-state index contributed by atoms with van der Waals surface area (Å²) in [6, 6.07) is 43.4. The largest absolute Gasteiger partial charge is 0.630 e. The molecule has 0 unspecified atom stereocenters. The van der Waals surface area contributed by atoms with Crippen molar-refractivity contribution in [2.24, 2.45) is 15.0 Å². The van der Waals surface area contributed by atoms with Crippen molar-refractivity contribution in [3.05, 3.63) is 161 Å². The van der Waals surface area contributed by atoms with Crippen molar-refractivity contribution in [2.45, 2.75) is 0 Å². The van der Waals surface area contributed by atoms with Crippen molar-refractivity contribution in [1.82, 2.24) is 8.96 Å². The third-order valence-electron chi connectivity index (χ3n) is 9.11. The SMILES string of the molecule is COc1ccc(C2=c3c4ccccc4c4n3B(Oc3ccccc3)n3c(c5ccccc5c32)N=C2N=C(N=4)c3ccccc32)cc1. The average Bonchev–Trinajstić information content (AvgIpc) is 3.74. The van der Waals surface area contributed by atoms with Crippen molar-refractivity contribution < 1.29 is 9.39 Å². The molecule has 0 saturated carbocycles. The molecule has 216 valence electrons. The van der Waals surface area contributed by atoms with Gasteiger partial charge in [-0.3, -0.25) is 0 Å². The fourth-order valence-corrected chi connectivity index (χ4v) is 7.12. The fraction of sp³-hybridized carbons (Fsp3) is 0.0263. The molecule has 0 saturated heterocycles. The highest BCUT2D eigenvalue weighted by Gasteiger charge is 2.41. The Bertz CT molecular complexity index is 2600. The summed E-state index contributed by atoms with van der Waals surface area (Å²) >= 11 is 0. The number of nitrogens with zero attached hydrogens (tertiary/aromatic N) is 5. The molecule has 0 spiro atoms. The number of aromatic nitrogens is 2. The fourth-order valence-electron chi connectivity index (χ4n) is 7.12. The minimum atomic E-state index is -0.631. The van der Waals surface area contributed by atoms with Gasteiger partial charge in [0.05, 0.1) is 18.2 Å². The number of para-hydroxylation sites is 1. The number of ether oxygens (including phenoxy) is 1. The topological polar surface area (TPSA) is 65.4 Å². The predicted molar refractivity (Wildman–Crippen MR) is 182 cm³/mol. The van der Waals surface area contributed by atoms with Crippen LogP contribution in [0.15, 0.2) is 142 Å². The van der Waals surface area contributed by atoms with E-state index < -0.39 is 7.19 Å². The van der Waals surface area contributed by atoms with Crippen molar-refractivity contribution in [2.75, 3.05) is 7.11 Å². The lowest BCUT2D eigenvalue weighted by Crippen LogP contribution is -2.54. The molecular weight excluding hydrogens is 569 g/mol. The van der Waals surface area contributed by atoms with E-state index in [-0.39, 0.29) is 0 Å². The van der Waals surface area contributed by atoms with Crippen LogP contribution in [0.1, 0.15) is 22.4 Å². The molecule has 3 aliphatic rings. The van der Waals surface area contributed by atoms with E-state index in [4.69, 9.17) is 24.4 Å². The van der Waals surface area contributed by atoms with Crippen LogP contribution in [0.5, 0.6) is 11.5 Å². The molecule has 4 bridgehead atoms. The molecule has 5 aromatic carbocycles. The predicted octanol–water partition coefficient (Wildman–Crippen LogP) is 6.10. The molecule has 0 atom stereocenters. The molecule has 0 N–H and O–H groups in total. The van der Waals surface area contributed by atoms with Crippen molar-refractivity contribution >= 4 is 51.8 Å². The number of fused-ring (bicyclic) bond motifs is 10. The second-order valence-corrected chi connectivity index (χ2v) is 11.6. The summed E-state index contributed by atoms with van der Waals surface area (Å²) in [7, 11) is 1.06. The second kappa shape index (κ2) is 9.43. The number of hydrogen-bond acceptors (Lipinski definition) is 5. The van der Waals surface area contributed by atoms with Crippen LogP contribution in [-0.4, -0.2) is 34.9 Å². The van der Waals surface area contributed by atoms with Gasteiger partial charge in [0.25, 0.3) is 0 Å². The maximum atomic E-state index is 7.03. The molecule has 10 rings (SSSR count). The first kappa shape index (κ1) is 25.2. The average molecular weight is 593 g/mol. The lowest BCUT2D eigenvalue weighted by Gasteiger charge is -2.27. The van der Waals surface area contributed by atoms with Gasteiger partial charge in [0, 0.05) is 38.2 Å². The summed E-state index contributed by atoms with van der Waals surface area (Å²) in [5.74, 6) is 3.61. The third-order valence-corrected chi connectivity index (χ3v) is 9.11. The quantitative estimate of drug-likeness (QED) is 0.232. The molecule has 5 heterocycles. The van der Waals surface area contributed by atoms with Gasteiger partial charge >= 0.3 is 7.19 Å². The van der Waals surface area contributed by atoms with Crippen LogP contribution in [0.3, 0.4) is 0 Å². The molecule has 2 aromatic heterocycles. The Morgan fingerprint density at radius 2 is 1.17 bits per heavy atom. The van der Waals surface area contributed by atoms with Crippen LogP contribution in [0.25, 0.3) is 27.1 Å². The summed E-state index contributed by atoms with van der Waals surface area (Å²) in [5.41, 5.74) is 5.86. The number of benzene rings is 5. The zero-order valence-corrected chi connectivity index (χ0v) is 24.8. The zero-order chi connectivity index (χ0) is 30.4. The Kier molecular flexibility index (Phi) is 5.17. The Balaban J connectivity index is 1.48. The van der Waals surface area contributed by atoms with Crippen LogP contribution in [0.4, 0.5) is 5.82 Å². The Morgan fingerprint density at radius 3 is 1.91 bits per heavy atom. The number of amidine groups is 2. The second-order valence-electron chi connectivity index (χ2n) is 11.6. The molecule has 7 nitrogen and oxygen atoms in total. The lowest BCUT2D eigenvalue weighted by molar-refractivity contribution is 0.415. The zero-order valence-electron chi connectivity index (χ0n) is 24.8. The van der Waals surface area contributed by atoms with Gasteiger partial charge in [0.2, 0.25) is 0 Å². The van der Waals surface area contributed by atoms with Gasteiger partial charge < -0.3 is 18.3 Å². The third kappa shape index (κ3) is 3.41. The van der Waals surface area contributed by atoms with E-state index in [1.807, 2.05) is 54.6 Å². The van der Waals surface area contributed by atoms with Gasteiger partial charge in [-0.05, 0) is 29.8 Å². The monoisotopic (exact) mass is 593 g/mol. The molecular formula is C38H24BN5O2. The highest BCUT2D eigenvalue weighted by atomic mass is 16.5. The first-order chi connectivity index (χ1) is 22.8. The summed E-state index contributed by atoms with van der Waals surface area (Å²) in [6.07, 6.45) is 0. The smallest absolute Gasteiger partial charge is 0.523 e. The summed E-state index contributed by atoms with van der Waals surface area (Å²) in [6.45, 7) is 0. The van der Waals surface area contributed by atoms with Crippen LogP contribution >= 0.6 is 0 Å². The van der Waals surface area contributed by atoms with Gasteiger partial charge in [-0.25, -0.2) is 15.0 Å². The molecule has 46 heavy (non-hydrogen) atoms. The van der Waals surface area contributed by atoms with E-state index in [9.17, 15) is 0 Å². The minimum Gasteiger partial charge on any atom is -0.523 e.